The Morgan fingerprint density at radius 2 is 1.29 bits per heavy atom. The third-order valence-electron chi connectivity index (χ3n) is 4.22. The molecule has 126 valence electrons. The third kappa shape index (κ3) is 6.08. The van der Waals surface area contributed by atoms with E-state index >= 15 is 0 Å². The highest BCUT2D eigenvalue weighted by Crippen LogP contribution is 2.23. The van der Waals surface area contributed by atoms with Gasteiger partial charge < -0.3 is 4.74 Å². The minimum atomic E-state index is 0.688. The molecule has 2 nitrogen and oxygen atoms in total. The molecule has 0 bridgehead atoms. The molecule has 0 spiro atoms. The van der Waals surface area contributed by atoms with Crippen molar-refractivity contribution in [2.24, 2.45) is 0 Å². The maximum Gasteiger partial charge on any atom is 0.119 e. The number of nitriles is 1. The van der Waals surface area contributed by atoms with Gasteiger partial charge in [0.1, 0.15) is 5.75 Å². The number of nitrogens with zero attached hydrogens (tertiary/aromatic N) is 1. The summed E-state index contributed by atoms with van der Waals surface area (Å²) in [6.07, 6.45) is 9.10. The quantitative estimate of drug-likeness (QED) is 0.477. The zero-order valence-corrected chi connectivity index (χ0v) is 14.6. The normalized spacial score (nSPS) is 10.3. The van der Waals surface area contributed by atoms with Crippen molar-refractivity contribution in [3.8, 4) is 22.9 Å². The maximum atomic E-state index is 8.84. The molecule has 0 heterocycles. The molecule has 24 heavy (non-hydrogen) atoms. The first-order chi connectivity index (χ1) is 11.8. The smallest absolute Gasteiger partial charge is 0.119 e. The Balaban J connectivity index is 1.71. The summed E-state index contributed by atoms with van der Waals surface area (Å²) >= 11 is 0. The summed E-state index contributed by atoms with van der Waals surface area (Å²) < 4.78 is 5.82. The summed E-state index contributed by atoms with van der Waals surface area (Å²) in [5.74, 6) is 0.929. The standard InChI is InChI=1S/C22H27NO/c1-2-3-4-5-6-7-8-17-24-22-15-13-21(14-16-22)20-11-9-19(18-23)10-12-20/h9-16H,2-8,17H2,1H3. The number of hydrogen-bond donors (Lipinski definition) is 0. The number of ether oxygens (including phenoxy) is 1. The van der Waals surface area contributed by atoms with Gasteiger partial charge >= 0.3 is 0 Å². The number of benzene rings is 2. The second-order valence-electron chi connectivity index (χ2n) is 6.18. The molecule has 0 aliphatic heterocycles. The highest BCUT2D eigenvalue weighted by Gasteiger charge is 2.00. The SMILES string of the molecule is CCCCCCCCCOc1ccc(-c2ccc(C#N)cc2)cc1. The van der Waals surface area contributed by atoms with Crippen LogP contribution in [0.5, 0.6) is 5.75 Å². The van der Waals surface area contributed by atoms with E-state index in [4.69, 9.17) is 10.00 Å². The molecule has 2 rings (SSSR count). The van der Waals surface area contributed by atoms with Crippen molar-refractivity contribution in [2.45, 2.75) is 51.9 Å². The Labute approximate surface area is 146 Å². The average molecular weight is 321 g/mol. The topological polar surface area (TPSA) is 33.0 Å². The number of unbranched alkanes of at least 4 members (excludes halogenated alkanes) is 6. The van der Waals surface area contributed by atoms with E-state index in [1.807, 2.05) is 36.4 Å². The van der Waals surface area contributed by atoms with Gasteiger partial charge in [-0.1, -0.05) is 69.7 Å². The highest BCUT2D eigenvalue weighted by molar-refractivity contribution is 5.64. The Bertz CT molecular complexity index is 623. The van der Waals surface area contributed by atoms with Gasteiger partial charge in [0.05, 0.1) is 18.2 Å². The van der Waals surface area contributed by atoms with E-state index in [0.717, 1.165) is 29.9 Å². The van der Waals surface area contributed by atoms with Gasteiger partial charge in [0.2, 0.25) is 0 Å². The van der Waals surface area contributed by atoms with E-state index in [-0.39, 0.29) is 0 Å². The highest BCUT2D eigenvalue weighted by atomic mass is 16.5. The minimum Gasteiger partial charge on any atom is -0.494 e. The molecule has 0 aromatic heterocycles. The van der Waals surface area contributed by atoms with Crippen LogP contribution in [0.15, 0.2) is 48.5 Å². The molecule has 2 heteroatoms. The van der Waals surface area contributed by atoms with Crippen LogP contribution in [0.4, 0.5) is 0 Å². The van der Waals surface area contributed by atoms with Crippen molar-refractivity contribution in [2.75, 3.05) is 6.61 Å². The van der Waals surface area contributed by atoms with Crippen molar-refractivity contribution >= 4 is 0 Å². The summed E-state index contributed by atoms with van der Waals surface area (Å²) in [6.45, 7) is 3.05. The third-order valence-corrected chi connectivity index (χ3v) is 4.22. The fourth-order valence-electron chi connectivity index (χ4n) is 2.73. The first-order valence-electron chi connectivity index (χ1n) is 9.07. The molecule has 0 aliphatic rings. The van der Waals surface area contributed by atoms with Crippen molar-refractivity contribution in [1.82, 2.24) is 0 Å². The molecular formula is C22H27NO. The van der Waals surface area contributed by atoms with Crippen LogP contribution in [0, 0.1) is 11.3 Å². The largest absolute Gasteiger partial charge is 0.494 e. The zero-order valence-electron chi connectivity index (χ0n) is 14.6. The number of hydrogen-bond acceptors (Lipinski definition) is 2. The van der Waals surface area contributed by atoms with Crippen LogP contribution in [-0.2, 0) is 0 Å². The van der Waals surface area contributed by atoms with Gasteiger partial charge in [-0.3, -0.25) is 0 Å². The average Bonchev–Trinajstić information content (AvgIpc) is 2.64. The molecule has 0 aliphatic carbocycles. The van der Waals surface area contributed by atoms with Crippen LogP contribution in [0.1, 0.15) is 57.4 Å². The van der Waals surface area contributed by atoms with E-state index in [1.54, 1.807) is 0 Å². The predicted octanol–water partition coefficient (Wildman–Crippen LogP) is 6.35. The first kappa shape index (κ1) is 18.1. The molecular weight excluding hydrogens is 294 g/mol. The van der Waals surface area contributed by atoms with Gasteiger partial charge in [-0.2, -0.15) is 5.26 Å². The van der Waals surface area contributed by atoms with Crippen molar-refractivity contribution < 1.29 is 4.74 Å². The summed E-state index contributed by atoms with van der Waals surface area (Å²) in [7, 11) is 0. The lowest BCUT2D eigenvalue weighted by Crippen LogP contribution is -1.97. The van der Waals surface area contributed by atoms with Crippen LogP contribution in [0.2, 0.25) is 0 Å². The van der Waals surface area contributed by atoms with Gasteiger partial charge in [-0.05, 0) is 41.8 Å². The fraction of sp³-hybridized carbons (Fsp3) is 0.409. The van der Waals surface area contributed by atoms with Crippen LogP contribution in [-0.4, -0.2) is 6.61 Å². The van der Waals surface area contributed by atoms with Crippen molar-refractivity contribution in [1.29, 1.82) is 5.26 Å². The first-order valence-corrected chi connectivity index (χ1v) is 9.07. The monoisotopic (exact) mass is 321 g/mol. The lowest BCUT2D eigenvalue weighted by Gasteiger charge is -2.08. The van der Waals surface area contributed by atoms with E-state index in [0.29, 0.717) is 5.56 Å². The van der Waals surface area contributed by atoms with E-state index in [1.165, 1.54) is 38.5 Å². The van der Waals surface area contributed by atoms with Crippen LogP contribution >= 0.6 is 0 Å². The Morgan fingerprint density at radius 1 is 0.750 bits per heavy atom. The van der Waals surface area contributed by atoms with Gasteiger partial charge in [-0.25, -0.2) is 0 Å². The summed E-state index contributed by atoms with van der Waals surface area (Å²) in [5.41, 5.74) is 2.95. The van der Waals surface area contributed by atoms with Gasteiger partial charge in [0.15, 0.2) is 0 Å². The Morgan fingerprint density at radius 3 is 1.88 bits per heavy atom. The van der Waals surface area contributed by atoms with E-state index < -0.39 is 0 Å². The summed E-state index contributed by atoms with van der Waals surface area (Å²) in [4.78, 5) is 0. The van der Waals surface area contributed by atoms with Gasteiger partial charge in [0.25, 0.3) is 0 Å². The summed E-state index contributed by atoms with van der Waals surface area (Å²) in [5, 5.41) is 8.84. The van der Waals surface area contributed by atoms with Crippen LogP contribution < -0.4 is 4.74 Å². The second kappa shape index (κ2) is 10.5. The molecule has 2 aromatic carbocycles. The molecule has 0 saturated heterocycles. The minimum absolute atomic E-state index is 0.688. The lowest BCUT2D eigenvalue weighted by molar-refractivity contribution is 0.304. The van der Waals surface area contributed by atoms with Gasteiger partial charge in [-0.15, -0.1) is 0 Å². The molecule has 0 unspecified atom stereocenters. The predicted molar refractivity (Wildman–Crippen MR) is 100 cm³/mol. The molecule has 0 atom stereocenters. The molecule has 0 N–H and O–H groups in total. The fourth-order valence-corrected chi connectivity index (χ4v) is 2.73. The zero-order chi connectivity index (χ0) is 17.0. The van der Waals surface area contributed by atoms with Gasteiger partial charge in [0, 0.05) is 0 Å². The number of rotatable bonds is 10. The van der Waals surface area contributed by atoms with Crippen molar-refractivity contribution in [3.05, 3.63) is 54.1 Å². The Hall–Kier alpha value is -2.27. The van der Waals surface area contributed by atoms with E-state index in [2.05, 4.69) is 25.1 Å². The maximum absolute atomic E-state index is 8.84. The second-order valence-corrected chi connectivity index (χ2v) is 6.18. The van der Waals surface area contributed by atoms with Crippen molar-refractivity contribution in [3.63, 3.8) is 0 Å². The van der Waals surface area contributed by atoms with Crippen LogP contribution in [0.3, 0.4) is 0 Å². The lowest BCUT2D eigenvalue weighted by atomic mass is 10.0. The molecule has 2 aromatic rings. The Kier molecular flexibility index (Phi) is 7.90. The summed E-state index contributed by atoms with van der Waals surface area (Å²) in [6, 6.07) is 18.0. The van der Waals surface area contributed by atoms with E-state index in [9.17, 15) is 0 Å². The molecule has 0 radical (unpaired) electrons. The van der Waals surface area contributed by atoms with Crippen LogP contribution in [0.25, 0.3) is 11.1 Å². The molecule has 0 amide bonds. The molecule has 0 fully saturated rings. The molecule has 0 saturated carbocycles.